The number of halogens is 1. The number of benzene rings is 1. The van der Waals surface area contributed by atoms with Crippen molar-refractivity contribution in [2.75, 3.05) is 13.1 Å². The van der Waals surface area contributed by atoms with Gasteiger partial charge in [0.2, 0.25) is 0 Å². The summed E-state index contributed by atoms with van der Waals surface area (Å²) in [6.45, 7) is 6.15. The molecular weight excluding hydrogens is 356 g/mol. The van der Waals surface area contributed by atoms with E-state index in [0.29, 0.717) is 29.3 Å². The van der Waals surface area contributed by atoms with E-state index in [-0.39, 0.29) is 18.2 Å². The molecule has 0 aliphatic carbocycles. The number of carbonyl (C=O) groups is 2. The number of likely N-dealkylation sites (tertiary alicyclic amines) is 1. The number of hydrogen-bond acceptors (Lipinski definition) is 5. The van der Waals surface area contributed by atoms with Crippen LogP contribution in [0.1, 0.15) is 49.0 Å². The van der Waals surface area contributed by atoms with Crippen LogP contribution in [0.5, 0.6) is 5.75 Å². The second kappa shape index (κ2) is 8.20. The quantitative estimate of drug-likeness (QED) is 0.479. The van der Waals surface area contributed by atoms with Crippen molar-refractivity contribution in [2.45, 2.75) is 44.8 Å². The van der Waals surface area contributed by atoms with Crippen molar-refractivity contribution < 1.29 is 19.5 Å². The van der Waals surface area contributed by atoms with E-state index < -0.39 is 11.5 Å². The first-order chi connectivity index (χ1) is 11.9. The van der Waals surface area contributed by atoms with Gasteiger partial charge in [0.1, 0.15) is 11.4 Å². The molecule has 1 aromatic rings. The van der Waals surface area contributed by atoms with Crippen LogP contribution in [0.25, 0.3) is 6.08 Å². The van der Waals surface area contributed by atoms with Crippen molar-refractivity contribution in [1.82, 2.24) is 10.4 Å². The number of amides is 1. The SMILES string of the molecule is CC(C)N1CCCC2(CC(=O)c3cc(/C=C/C(=O)NO)ccc3O2)C1.Cl. The zero-order valence-corrected chi connectivity index (χ0v) is 15.8. The van der Waals surface area contributed by atoms with Crippen LogP contribution in [0.15, 0.2) is 24.3 Å². The fourth-order valence-corrected chi connectivity index (χ4v) is 3.63. The largest absolute Gasteiger partial charge is 0.485 e. The van der Waals surface area contributed by atoms with Gasteiger partial charge in [0.25, 0.3) is 5.91 Å². The van der Waals surface area contributed by atoms with E-state index in [1.54, 1.807) is 24.3 Å². The summed E-state index contributed by atoms with van der Waals surface area (Å²) in [5.74, 6) is 0.0783. The van der Waals surface area contributed by atoms with Crippen LogP contribution in [0.4, 0.5) is 0 Å². The van der Waals surface area contributed by atoms with Gasteiger partial charge in [-0.05, 0) is 57.0 Å². The minimum atomic E-state index is -0.616. The molecule has 0 bridgehead atoms. The summed E-state index contributed by atoms with van der Waals surface area (Å²) in [6.07, 6.45) is 5.05. The van der Waals surface area contributed by atoms with Crippen molar-refractivity contribution in [2.24, 2.45) is 0 Å². The summed E-state index contributed by atoms with van der Waals surface area (Å²) in [4.78, 5) is 26.2. The lowest BCUT2D eigenvalue weighted by Crippen LogP contribution is -2.56. The number of ether oxygens (including phenoxy) is 1. The molecule has 26 heavy (non-hydrogen) atoms. The second-order valence-electron chi connectivity index (χ2n) is 7.12. The molecule has 0 radical (unpaired) electrons. The summed E-state index contributed by atoms with van der Waals surface area (Å²) in [5.41, 5.74) is 2.37. The zero-order valence-electron chi connectivity index (χ0n) is 15.0. The molecule has 1 aromatic carbocycles. The smallest absolute Gasteiger partial charge is 0.267 e. The van der Waals surface area contributed by atoms with E-state index in [1.807, 2.05) is 0 Å². The van der Waals surface area contributed by atoms with E-state index in [9.17, 15) is 9.59 Å². The molecule has 1 spiro atoms. The molecule has 2 heterocycles. The van der Waals surface area contributed by atoms with Gasteiger partial charge in [0.15, 0.2) is 5.78 Å². The van der Waals surface area contributed by atoms with Gasteiger partial charge in [0, 0.05) is 18.7 Å². The fraction of sp³-hybridized carbons (Fsp3) is 0.474. The minimum Gasteiger partial charge on any atom is -0.485 e. The monoisotopic (exact) mass is 380 g/mol. The van der Waals surface area contributed by atoms with Gasteiger partial charge >= 0.3 is 0 Å². The molecule has 1 unspecified atom stereocenters. The highest BCUT2D eigenvalue weighted by atomic mass is 35.5. The average Bonchev–Trinajstić information content (AvgIpc) is 2.59. The molecule has 6 nitrogen and oxygen atoms in total. The average molecular weight is 381 g/mol. The summed E-state index contributed by atoms with van der Waals surface area (Å²) in [7, 11) is 0. The topological polar surface area (TPSA) is 78.9 Å². The molecule has 1 atom stereocenters. The molecule has 0 aromatic heterocycles. The third kappa shape index (κ3) is 4.26. The van der Waals surface area contributed by atoms with Crippen LogP contribution < -0.4 is 10.2 Å². The molecule has 2 aliphatic heterocycles. The Balaban J connectivity index is 0.00000243. The van der Waals surface area contributed by atoms with E-state index >= 15 is 0 Å². The van der Waals surface area contributed by atoms with Gasteiger partial charge in [-0.3, -0.25) is 19.7 Å². The molecule has 0 saturated carbocycles. The summed E-state index contributed by atoms with van der Waals surface area (Å²) in [6, 6.07) is 5.76. The molecule has 142 valence electrons. The highest BCUT2D eigenvalue weighted by molar-refractivity contribution is 6.01. The maximum atomic E-state index is 12.7. The Hall–Kier alpha value is -1.89. The predicted molar refractivity (Wildman–Crippen MR) is 101 cm³/mol. The highest BCUT2D eigenvalue weighted by Crippen LogP contribution is 2.39. The first-order valence-electron chi connectivity index (χ1n) is 8.65. The number of hydrogen-bond donors (Lipinski definition) is 2. The highest BCUT2D eigenvalue weighted by Gasteiger charge is 2.44. The van der Waals surface area contributed by atoms with Crippen LogP contribution in [0, 0.1) is 0 Å². The van der Waals surface area contributed by atoms with Gasteiger partial charge < -0.3 is 4.74 Å². The molecule has 3 rings (SSSR count). The molecule has 1 saturated heterocycles. The van der Waals surface area contributed by atoms with Crippen LogP contribution in [-0.4, -0.2) is 46.5 Å². The number of fused-ring (bicyclic) bond motifs is 1. The molecular formula is C19H25ClN2O4. The lowest BCUT2D eigenvalue weighted by atomic mass is 9.83. The fourth-order valence-electron chi connectivity index (χ4n) is 3.63. The van der Waals surface area contributed by atoms with Gasteiger partial charge in [-0.25, -0.2) is 5.48 Å². The Morgan fingerprint density at radius 1 is 1.42 bits per heavy atom. The lowest BCUT2D eigenvalue weighted by Gasteiger charge is -2.46. The third-order valence-corrected chi connectivity index (χ3v) is 4.95. The van der Waals surface area contributed by atoms with Crippen molar-refractivity contribution in [1.29, 1.82) is 0 Å². The Bertz CT molecular complexity index is 719. The van der Waals surface area contributed by atoms with Crippen molar-refractivity contribution in [3.05, 3.63) is 35.4 Å². The Morgan fingerprint density at radius 3 is 2.88 bits per heavy atom. The third-order valence-electron chi connectivity index (χ3n) is 4.95. The van der Waals surface area contributed by atoms with Crippen molar-refractivity contribution >= 4 is 30.2 Å². The first kappa shape index (κ1) is 20.4. The van der Waals surface area contributed by atoms with E-state index in [4.69, 9.17) is 9.94 Å². The van der Waals surface area contributed by atoms with Crippen molar-refractivity contribution in [3.63, 3.8) is 0 Å². The van der Waals surface area contributed by atoms with Gasteiger partial charge in [0.05, 0.1) is 12.0 Å². The summed E-state index contributed by atoms with van der Waals surface area (Å²) >= 11 is 0. The van der Waals surface area contributed by atoms with Crippen LogP contribution in [0.2, 0.25) is 0 Å². The number of carbonyl (C=O) groups excluding carboxylic acids is 2. The van der Waals surface area contributed by atoms with Gasteiger partial charge in [-0.2, -0.15) is 0 Å². The van der Waals surface area contributed by atoms with E-state index in [0.717, 1.165) is 25.9 Å². The number of nitrogens with one attached hydrogen (secondary N) is 1. The molecule has 2 aliphatic rings. The summed E-state index contributed by atoms with van der Waals surface area (Å²) in [5, 5.41) is 8.52. The number of nitrogens with zero attached hydrogens (tertiary/aromatic N) is 1. The number of Topliss-reactive ketones (excluding diaryl/α,β-unsaturated/α-hetero) is 1. The molecule has 1 amide bonds. The molecule has 1 fully saturated rings. The minimum absolute atomic E-state index is 0. The van der Waals surface area contributed by atoms with Gasteiger partial charge in [-0.1, -0.05) is 6.07 Å². The normalized spacial score (nSPS) is 22.8. The Morgan fingerprint density at radius 2 is 2.19 bits per heavy atom. The first-order valence-corrected chi connectivity index (χ1v) is 8.65. The van der Waals surface area contributed by atoms with Crippen molar-refractivity contribution in [3.8, 4) is 5.75 Å². The zero-order chi connectivity index (χ0) is 18.0. The lowest BCUT2D eigenvalue weighted by molar-refractivity contribution is -0.124. The van der Waals surface area contributed by atoms with Gasteiger partial charge in [-0.15, -0.1) is 12.4 Å². The van der Waals surface area contributed by atoms with Crippen LogP contribution >= 0.6 is 12.4 Å². The number of hydroxylamine groups is 1. The Kier molecular flexibility index (Phi) is 6.44. The maximum Gasteiger partial charge on any atom is 0.267 e. The molecule has 2 N–H and O–H groups in total. The number of rotatable bonds is 3. The maximum absolute atomic E-state index is 12.7. The van der Waals surface area contributed by atoms with E-state index in [1.165, 1.54) is 11.6 Å². The van der Waals surface area contributed by atoms with Crippen LogP contribution in [0.3, 0.4) is 0 Å². The Labute approximate surface area is 159 Å². The molecule has 7 heteroatoms. The predicted octanol–water partition coefficient (Wildman–Crippen LogP) is 2.84. The number of ketones is 1. The number of piperidine rings is 1. The summed E-state index contributed by atoms with van der Waals surface area (Å²) < 4.78 is 6.31. The van der Waals surface area contributed by atoms with E-state index in [2.05, 4.69) is 18.7 Å². The standard InChI is InChI=1S/C19H24N2O4.ClH/c1-13(2)21-9-3-8-19(12-21)11-16(22)15-10-14(4-6-17(15)25-19)5-7-18(23)20-24;/h4-7,10,13,24H,3,8-9,11-12H2,1-2H3,(H,20,23);1H/b7-5+;. The second-order valence-corrected chi connectivity index (χ2v) is 7.12. The van der Waals surface area contributed by atoms with Crippen LogP contribution in [-0.2, 0) is 4.79 Å².